The van der Waals surface area contributed by atoms with Gasteiger partial charge in [-0.25, -0.2) is 0 Å². The van der Waals surface area contributed by atoms with Crippen LogP contribution in [0.2, 0.25) is 0 Å². The first-order chi connectivity index (χ1) is 12.6. The standard InChI is InChI=1S/C20H23N3O3/c1-15-14-16(7-8-18(15)26-2)19(24)22-10-5-11-23(13-12-22)20(25)17-6-3-4-9-21-17/h3-4,6-9,14H,5,10-13H2,1-2H3. The second-order valence-electron chi connectivity index (χ2n) is 6.34. The fourth-order valence-corrected chi connectivity index (χ4v) is 3.17. The van der Waals surface area contributed by atoms with E-state index < -0.39 is 0 Å². The highest BCUT2D eigenvalue weighted by Crippen LogP contribution is 2.20. The lowest BCUT2D eigenvalue weighted by molar-refractivity contribution is 0.0715. The molecule has 6 nitrogen and oxygen atoms in total. The summed E-state index contributed by atoms with van der Waals surface area (Å²) in [6, 6.07) is 10.8. The molecule has 6 heteroatoms. The van der Waals surface area contributed by atoms with Gasteiger partial charge in [-0.2, -0.15) is 0 Å². The molecule has 3 rings (SSSR count). The van der Waals surface area contributed by atoms with Gasteiger partial charge in [-0.05, 0) is 49.2 Å². The fraction of sp³-hybridized carbons (Fsp3) is 0.350. The molecule has 1 aliphatic heterocycles. The number of carbonyl (C=O) groups is 2. The number of hydrogen-bond donors (Lipinski definition) is 0. The van der Waals surface area contributed by atoms with E-state index in [4.69, 9.17) is 4.74 Å². The number of rotatable bonds is 3. The number of aryl methyl sites for hydroxylation is 1. The van der Waals surface area contributed by atoms with Crippen LogP contribution < -0.4 is 4.74 Å². The van der Waals surface area contributed by atoms with Crippen LogP contribution in [-0.2, 0) is 0 Å². The quantitative estimate of drug-likeness (QED) is 0.850. The van der Waals surface area contributed by atoms with E-state index in [1.165, 1.54) is 0 Å². The lowest BCUT2D eigenvalue weighted by Crippen LogP contribution is -2.37. The number of pyridine rings is 1. The normalized spacial score (nSPS) is 14.7. The molecule has 0 spiro atoms. The predicted octanol–water partition coefficient (Wildman–Crippen LogP) is 2.39. The summed E-state index contributed by atoms with van der Waals surface area (Å²) >= 11 is 0. The van der Waals surface area contributed by atoms with Gasteiger partial charge < -0.3 is 14.5 Å². The SMILES string of the molecule is COc1ccc(C(=O)N2CCCN(C(=O)c3ccccn3)CC2)cc1C. The van der Waals surface area contributed by atoms with Crippen molar-refractivity contribution in [1.29, 1.82) is 0 Å². The smallest absolute Gasteiger partial charge is 0.272 e. The molecule has 1 aromatic carbocycles. The third-order valence-electron chi connectivity index (χ3n) is 4.60. The van der Waals surface area contributed by atoms with E-state index in [1.807, 2.05) is 24.0 Å². The van der Waals surface area contributed by atoms with Crippen molar-refractivity contribution < 1.29 is 14.3 Å². The number of methoxy groups -OCH3 is 1. The van der Waals surface area contributed by atoms with E-state index >= 15 is 0 Å². The second kappa shape index (κ2) is 7.99. The van der Waals surface area contributed by atoms with E-state index in [9.17, 15) is 9.59 Å². The number of carbonyl (C=O) groups excluding carboxylic acids is 2. The number of amides is 2. The van der Waals surface area contributed by atoms with Crippen LogP contribution in [0.25, 0.3) is 0 Å². The maximum Gasteiger partial charge on any atom is 0.272 e. The van der Waals surface area contributed by atoms with Gasteiger partial charge in [-0.1, -0.05) is 6.07 Å². The van der Waals surface area contributed by atoms with Crippen molar-refractivity contribution in [3.63, 3.8) is 0 Å². The van der Waals surface area contributed by atoms with Gasteiger partial charge in [0.15, 0.2) is 0 Å². The summed E-state index contributed by atoms with van der Waals surface area (Å²) < 4.78 is 5.25. The molecular weight excluding hydrogens is 330 g/mol. The number of aromatic nitrogens is 1. The first-order valence-corrected chi connectivity index (χ1v) is 8.74. The van der Waals surface area contributed by atoms with E-state index in [-0.39, 0.29) is 11.8 Å². The summed E-state index contributed by atoms with van der Waals surface area (Å²) in [5, 5.41) is 0. The van der Waals surface area contributed by atoms with Gasteiger partial charge in [0.05, 0.1) is 7.11 Å². The summed E-state index contributed by atoms with van der Waals surface area (Å²) in [4.78, 5) is 33.1. The zero-order chi connectivity index (χ0) is 18.5. The van der Waals surface area contributed by atoms with Gasteiger partial charge in [-0.3, -0.25) is 14.6 Å². The van der Waals surface area contributed by atoms with Gasteiger partial charge in [-0.15, -0.1) is 0 Å². The molecule has 0 unspecified atom stereocenters. The minimum atomic E-state index is -0.0832. The number of nitrogens with zero attached hydrogens (tertiary/aromatic N) is 3. The van der Waals surface area contributed by atoms with E-state index in [2.05, 4.69) is 4.98 Å². The minimum Gasteiger partial charge on any atom is -0.496 e. The van der Waals surface area contributed by atoms with Crippen molar-refractivity contribution in [3.05, 3.63) is 59.4 Å². The zero-order valence-corrected chi connectivity index (χ0v) is 15.1. The Morgan fingerprint density at radius 1 is 1.00 bits per heavy atom. The molecule has 2 heterocycles. The molecule has 2 amide bonds. The zero-order valence-electron chi connectivity index (χ0n) is 15.1. The highest BCUT2D eigenvalue weighted by atomic mass is 16.5. The summed E-state index contributed by atoms with van der Waals surface area (Å²) in [6.45, 7) is 4.21. The van der Waals surface area contributed by atoms with Crippen molar-refractivity contribution in [2.45, 2.75) is 13.3 Å². The Kier molecular flexibility index (Phi) is 5.51. The molecular formula is C20H23N3O3. The molecule has 0 bridgehead atoms. The van der Waals surface area contributed by atoms with E-state index in [1.54, 1.807) is 42.5 Å². The van der Waals surface area contributed by atoms with Crippen LogP contribution in [0, 0.1) is 6.92 Å². The van der Waals surface area contributed by atoms with Crippen LogP contribution in [0.4, 0.5) is 0 Å². The molecule has 136 valence electrons. The largest absolute Gasteiger partial charge is 0.496 e. The highest BCUT2D eigenvalue weighted by Gasteiger charge is 2.24. The predicted molar refractivity (Wildman–Crippen MR) is 98.4 cm³/mol. The first-order valence-electron chi connectivity index (χ1n) is 8.74. The van der Waals surface area contributed by atoms with Crippen molar-refractivity contribution in [3.8, 4) is 5.75 Å². The average Bonchev–Trinajstić information content (AvgIpc) is 2.93. The van der Waals surface area contributed by atoms with Crippen LogP contribution in [0.5, 0.6) is 5.75 Å². The second-order valence-corrected chi connectivity index (χ2v) is 6.34. The van der Waals surface area contributed by atoms with Crippen molar-refractivity contribution in [1.82, 2.24) is 14.8 Å². The Morgan fingerprint density at radius 3 is 2.35 bits per heavy atom. The summed E-state index contributed by atoms with van der Waals surface area (Å²) in [5.74, 6) is 0.674. The Labute approximate surface area is 153 Å². The number of ether oxygens (including phenoxy) is 1. The Balaban J connectivity index is 1.67. The summed E-state index contributed by atoms with van der Waals surface area (Å²) in [6.07, 6.45) is 2.37. The molecule has 1 saturated heterocycles. The first kappa shape index (κ1) is 17.9. The molecule has 1 aromatic heterocycles. The van der Waals surface area contributed by atoms with Gasteiger partial charge in [0.1, 0.15) is 11.4 Å². The van der Waals surface area contributed by atoms with Gasteiger partial charge in [0.2, 0.25) is 0 Å². The highest BCUT2D eigenvalue weighted by molar-refractivity contribution is 5.95. The Bertz CT molecular complexity index is 792. The molecule has 0 radical (unpaired) electrons. The molecule has 1 aliphatic rings. The van der Waals surface area contributed by atoms with Gasteiger partial charge in [0, 0.05) is 37.9 Å². The van der Waals surface area contributed by atoms with E-state index in [0.29, 0.717) is 37.4 Å². The summed E-state index contributed by atoms with van der Waals surface area (Å²) in [5.41, 5.74) is 2.02. The average molecular weight is 353 g/mol. The van der Waals surface area contributed by atoms with Crippen LogP contribution in [0.1, 0.15) is 32.8 Å². The van der Waals surface area contributed by atoms with Crippen LogP contribution >= 0.6 is 0 Å². The minimum absolute atomic E-state index is 0.0112. The van der Waals surface area contributed by atoms with Crippen molar-refractivity contribution in [2.75, 3.05) is 33.3 Å². The molecule has 26 heavy (non-hydrogen) atoms. The lowest BCUT2D eigenvalue weighted by Gasteiger charge is -2.22. The molecule has 0 aliphatic carbocycles. The van der Waals surface area contributed by atoms with Gasteiger partial charge >= 0.3 is 0 Å². The lowest BCUT2D eigenvalue weighted by atomic mass is 10.1. The number of hydrogen-bond acceptors (Lipinski definition) is 4. The maximum atomic E-state index is 12.8. The third-order valence-corrected chi connectivity index (χ3v) is 4.60. The molecule has 0 N–H and O–H groups in total. The molecule has 2 aromatic rings. The van der Waals surface area contributed by atoms with Crippen LogP contribution in [-0.4, -0.2) is 59.9 Å². The van der Waals surface area contributed by atoms with Gasteiger partial charge in [0.25, 0.3) is 11.8 Å². The topological polar surface area (TPSA) is 62.7 Å². The van der Waals surface area contributed by atoms with E-state index in [0.717, 1.165) is 17.7 Å². The molecule has 0 saturated carbocycles. The summed E-state index contributed by atoms with van der Waals surface area (Å²) in [7, 11) is 1.62. The monoisotopic (exact) mass is 353 g/mol. The Hall–Kier alpha value is -2.89. The van der Waals surface area contributed by atoms with Crippen molar-refractivity contribution in [2.24, 2.45) is 0 Å². The third kappa shape index (κ3) is 3.85. The van der Waals surface area contributed by atoms with Crippen molar-refractivity contribution >= 4 is 11.8 Å². The fourth-order valence-electron chi connectivity index (χ4n) is 3.17. The Morgan fingerprint density at radius 2 is 1.73 bits per heavy atom. The maximum absolute atomic E-state index is 12.8. The number of benzene rings is 1. The van der Waals surface area contributed by atoms with Crippen LogP contribution in [0.3, 0.4) is 0 Å². The molecule has 0 atom stereocenters. The molecule has 1 fully saturated rings. The van der Waals surface area contributed by atoms with Crippen LogP contribution in [0.15, 0.2) is 42.6 Å².